The van der Waals surface area contributed by atoms with Crippen LogP contribution in [-0.4, -0.2) is 16.1 Å². The molecule has 0 spiro atoms. The van der Waals surface area contributed by atoms with E-state index in [-0.39, 0.29) is 0 Å². The third-order valence-corrected chi connectivity index (χ3v) is 2.46. The molecule has 4 heteroatoms. The molecule has 14 heavy (non-hydrogen) atoms. The maximum absolute atomic E-state index is 5.69. The van der Waals surface area contributed by atoms with Crippen molar-refractivity contribution in [3.05, 3.63) is 18.1 Å². The van der Waals surface area contributed by atoms with Crippen LogP contribution < -0.4 is 10.5 Å². The van der Waals surface area contributed by atoms with E-state index in [1.807, 2.05) is 0 Å². The van der Waals surface area contributed by atoms with E-state index in [9.17, 15) is 0 Å². The maximum Gasteiger partial charge on any atom is 0.232 e. The quantitative estimate of drug-likeness (QED) is 0.785. The van der Waals surface area contributed by atoms with Crippen LogP contribution in [0.25, 0.3) is 0 Å². The number of nitrogens with zero attached hydrogens (tertiary/aromatic N) is 2. The molecule has 0 amide bonds. The molecular weight excluding hydrogens is 178 g/mol. The molecule has 0 aromatic carbocycles. The van der Waals surface area contributed by atoms with E-state index in [0.717, 1.165) is 18.5 Å². The fourth-order valence-electron chi connectivity index (χ4n) is 1.72. The van der Waals surface area contributed by atoms with Crippen molar-refractivity contribution in [1.82, 2.24) is 9.97 Å². The van der Waals surface area contributed by atoms with E-state index in [4.69, 9.17) is 10.5 Å². The number of rotatable bonds is 3. The molecule has 0 unspecified atom stereocenters. The smallest absolute Gasteiger partial charge is 0.232 e. The second-order valence-corrected chi connectivity index (χ2v) is 3.58. The zero-order valence-electron chi connectivity index (χ0n) is 8.15. The van der Waals surface area contributed by atoms with Crippen molar-refractivity contribution in [1.29, 1.82) is 0 Å². The molecule has 2 rings (SSSR count). The summed E-state index contributed by atoms with van der Waals surface area (Å²) in [6.07, 6.45) is 8.43. The van der Waals surface area contributed by atoms with Gasteiger partial charge < -0.3 is 10.5 Å². The van der Waals surface area contributed by atoms with E-state index in [1.165, 1.54) is 12.8 Å². The molecule has 1 aromatic heterocycles. The van der Waals surface area contributed by atoms with E-state index >= 15 is 0 Å². The predicted octanol–water partition coefficient (Wildman–Crippen LogP) is 1.26. The van der Waals surface area contributed by atoms with E-state index < -0.39 is 0 Å². The Balaban J connectivity index is 2.00. The molecule has 0 atom stereocenters. The summed E-state index contributed by atoms with van der Waals surface area (Å²) in [7, 11) is 0. The Kier molecular flexibility index (Phi) is 2.93. The SMILES string of the molecule is NCc1cncc(OC2CCCC2)n1. The number of aromatic nitrogens is 2. The van der Waals surface area contributed by atoms with Crippen LogP contribution in [0.2, 0.25) is 0 Å². The van der Waals surface area contributed by atoms with Crippen LogP contribution in [0.1, 0.15) is 31.4 Å². The molecule has 2 N–H and O–H groups in total. The summed E-state index contributed by atoms with van der Waals surface area (Å²) in [4.78, 5) is 8.28. The van der Waals surface area contributed by atoms with Gasteiger partial charge in [-0.3, -0.25) is 4.98 Å². The Morgan fingerprint density at radius 3 is 2.86 bits per heavy atom. The summed E-state index contributed by atoms with van der Waals surface area (Å²) in [5, 5.41) is 0. The highest BCUT2D eigenvalue weighted by molar-refractivity contribution is 5.08. The van der Waals surface area contributed by atoms with Crippen LogP contribution in [0.5, 0.6) is 5.88 Å². The van der Waals surface area contributed by atoms with Gasteiger partial charge in [-0.1, -0.05) is 0 Å². The van der Waals surface area contributed by atoms with Crippen LogP contribution in [0.4, 0.5) is 0 Å². The lowest BCUT2D eigenvalue weighted by atomic mass is 10.3. The molecule has 1 saturated carbocycles. The van der Waals surface area contributed by atoms with Crippen molar-refractivity contribution < 1.29 is 4.74 Å². The van der Waals surface area contributed by atoms with Crippen LogP contribution in [-0.2, 0) is 6.54 Å². The van der Waals surface area contributed by atoms with Crippen molar-refractivity contribution >= 4 is 0 Å². The maximum atomic E-state index is 5.69. The molecule has 1 aliphatic carbocycles. The second kappa shape index (κ2) is 4.37. The monoisotopic (exact) mass is 193 g/mol. The first-order valence-corrected chi connectivity index (χ1v) is 5.06. The van der Waals surface area contributed by atoms with Gasteiger partial charge in [-0.15, -0.1) is 0 Å². The minimum atomic E-state index is 0.331. The number of hydrogen-bond donors (Lipinski definition) is 1. The first kappa shape index (κ1) is 9.40. The summed E-state index contributed by atoms with van der Waals surface area (Å²) < 4.78 is 5.69. The zero-order valence-corrected chi connectivity index (χ0v) is 8.15. The molecule has 0 bridgehead atoms. The topological polar surface area (TPSA) is 61.0 Å². The third-order valence-electron chi connectivity index (χ3n) is 2.46. The molecule has 1 fully saturated rings. The van der Waals surface area contributed by atoms with Gasteiger partial charge in [-0.25, -0.2) is 4.98 Å². The predicted molar refractivity (Wildman–Crippen MR) is 52.8 cm³/mol. The lowest BCUT2D eigenvalue weighted by Crippen LogP contribution is -2.13. The summed E-state index contributed by atoms with van der Waals surface area (Å²) >= 11 is 0. The summed E-state index contributed by atoms with van der Waals surface area (Å²) in [5.41, 5.74) is 6.25. The Hall–Kier alpha value is -1.16. The zero-order chi connectivity index (χ0) is 9.80. The van der Waals surface area contributed by atoms with Gasteiger partial charge in [0.15, 0.2) is 0 Å². The van der Waals surface area contributed by atoms with Gasteiger partial charge in [-0.2, -0.15) is 0 Å². The fourth-order valence-corrected chi connectivity index (χ4v) is 1.72. The van der Waals surface area contributed by atoms with E-state index in [1.54, 1.807) is 12.4 Å². The average Bonchev–Trinajstić information content (AvgIpc) is 2.71. The van der Waals surface area contributed by atoms with Crippen LogP contribution in [0, 0.1) is 0 Å². The average molecular weight is 193 g/mol. The van der Waals surface area contributed by atoms with Crippen molar-refractivity contribution in [2.24, 2.45) is 5.73 Å². The molecule has 0 saturated heterocycles. The van der Waals surface area contributed by atoms with Gasteiger partial charge in [0.05, 0.1) is 11.9 Å². The Labute approximate surface area is 83.5 Å². The van der Waals surface area contributed by atoms with Gasteiger partial charge in [0, 0.05) is 12.7 Å². The van der Waals surface area contributed by atoms with Crippen LogP contribution >= 0.6 is 0 Å². The van der Waals surface area contributed by atoms with Gasteiger partial charge in [0.25, 0.3) is 0 Å². The number of nitrogens with two attached hydrogens (primary N) is 1. The number of hydrogen-bond acceptors (Lipinski definition) is 4. The Morgan fingerprint density at radius 2 is 2.14 bits per heavy atom. The molecule has 76 valence electrons. The normalized spacial score (nSPS) is 17.2. The van der Waals surface area contributed by atoms with Crippen molar-refractivity contribution in [3.8, 4) is 5.88 Å². The molecule has 4 nitrogen and oxygen atoms in total. The molecule has 0 radical (unpaired) electrons. The van der Waals surface area contributed by atoms with Crippen LogP contribution in [0.15, 0.2) is 12.4 Å². The Bertz CT molecular complexity index is 297. The minimum Gasteiger partial charge on any atom is -0.473 e. The van der Waals surface area contributed by atoms with Gasteiger partial charge >= 0.3 is 0 Å². The third kappa shape index (κ3) is 2.20. The molecule has 1 aliphatic rings. The van der Waals surface area contributed by atoms with Crippen molar-refractivity contribution in [3.63, 3.8) is 0 Å². The highest BCUT2D eigenvalue weighted by atomic mass is 16.5. The lowest BCUT2D eigenvalue weighted by Gasteiger charge is -2.11. The van der Waals surface area contributed by atoms with Gasteiger partial charge in [0.1, 0.15) is 6.10 Å². The van der Waals surface area contributed by atoms with Crippen LogP contribution in [0.3, 0.4) is 0 Å². The Morgan fingerprint density at radius 1 is 1.36 bits per heavy atom. The molecule has 0 aliphatic heterocycles. The molecule has 1 aromatic rings. The van der Waals surface area contributed by atoms with Crippen molar-refractivity contribution in [2.75, 3.05) is 0 Å². The standard InChI is InChI=1S/C10H15N3O/c11-5-8-6-12-7-10(13-8)14-9-3-1-2-4-9/h6-7,9H,1-5,11H2. The van der Waals surface area contributed by atoms with E-state index in [0.29, 0.717) is 18.5 Å². The highest BCUT2D eigenvalue weighted by Crippen LogP contribution is 2.22. The molecular formula is C10H15N3O. The first-order chi connectivity index (χ1) is 6.88. The largest absolute Gasteiger partial charge is 0.473 e. The first-order valence-electron chi connectivity index (χ1n) is 5.06. The summed E-state index contributed by atoms with van der Waals surface area (Å²) in [6, 6.07) is 0. The van der Waals surface area contributed by atoms with Gasteiger partial charge in [0.2, 0.25) is 5.88 Å². The van der Waals surface area contributed by atoms with E-state index in [2.05, 4.69) is 9.97 Å². The van der Waals surface area contributed by atoms with Gasteiger partial charge in [-0.05, 0) is 25.7 Å². The fraction of sp³-hybridized carbons (Fsp3) is 0.600. The second-order valence-electron chi connectivity index (χ2n) is 3.58. The lowest BCUT2D eigenvalue weighted by molar-refractivity contribution is 0.200. The van der Waals surface area contributed by atoms with Crippen molar-refractivity contribution in [2.45, 2.75) is 38.3 Å². The summed E-state index contributed by atoms with van der Waals surface area (Å²) in [6.45, 7) is 0.412. The minimum absolute atomic E-state index is 0.331. The summed E-state index contributed by atoms with van der Waals surface area (Å²) in [5.74, 6) is 0.611. The molecule has 1 heterocycles. The highest BCUT2D eigenvalue weighted by Gasteiger charge is 2.16. The number of ether oxygens (including phenoxy) is 1.